The minimum absolute atomic E-state index is 0.112. The van der Waals surface area contributed by atoms with E-state index >= 15 is 0 Å². The van der Waals surface area contributed by atoms with Crippen molar-refractivity contribution in [3.8, 4) is 0 Å². The third-order valence-electron chi connectivity index (χ3n) is 5.58. The van der Waals surface area contributed by atoms with Gasteiger partial charge in [-0.1, -0.05) is 54.4 Å². The molecule has 3 fully saturated rings. The van der Waals surface area contributed by atoms with Crippen LogP contribution in [0.15, 0.2) is 0 Å². The van der Waals surface area contributed by atoms with Crippen molar-refractivity contribution in [3.05, 3.63) is 0 Å². The highest BCUT2D eigenvalue weighted by Crippen LogP contribution is 2.73. The molecular formula is C17H31OP. The SMILES string of the molecule is CC.CCP1C2(CCCC2)CC(=O)CC12CCCC2. The number of hydrogen-bond acceptors (Lipinski definition) is 1. The van der Waals surface area contributed by atoms with Gasteiger partial charge in [0.2, 0.25) is 0 Å². The number of rotatable bonds is 1. The highest BCUT2D eigenvalue weighted by Gasteiger charge is 2.56. The van der Waals surface area contributed by atoms with E-state index in [1.54, 1.807) is 0 Å². The lowest BCUT2D eigenvalue weighted by molar-refractivity contribution is -0.120. The predicted molar refractivity (Wildman–Crippen MR) is 85.4 cm³/mol. The Balaban J connectivity index is 0.000000637. The standard InChI is InChI=1S/C15H25OP.C2H6/c1-2-17-14(7-3-4-8-14)11-13(16)12-15(17)9-5-6-10-15;1-2/h2-12H2,1H3;1-2H3. The topological polar surface area (TPSA) is 17.1 Å². The maximum atomic E-state index is 12.3. The molecule has 110 valence electrons. The van der Waals surface area contributed by atoms with Gasteiger partial charge < -0.3 is 0 Å². The Hall–Kier alpha value is 0.100. The van der Waals surface area contributed by atoms with Crippen LogP contribution in [0, 0.1) is 0 Å². The first kappa shape index (κ1) is 15.5. The van der Waals surface area contributed by atoms with E-state index in [2.05, 4.69) is 6.92 Å². The zero-order valence-corrected chi connectivity index (χ0v) is 14.0. The van der Waals surface area contributed by atoms with Crippen molar-refractivity contribution in [2.75, 3.05) is 6.16 Å². The van der Waals surface area contributed by atoms with Crippen LogP contribution in [0.25, 0.3) is 0 Å². The molecule has 1 nitrogen and oxygen atoms in total. The van der Waals surface area contributed by atoms with Crippen molar-refractivity contribution < 1.29 is 4.79 Å². The van der Waals surface area contributed by atoms with Crippen LogP contribution in [0.5, 0.6) is 0 Å². The van der Waals surface area contributed by atoms with Gasteiger partial charge in [-0.05, 0) is 42.2 Å². The Morgan fingerprint density at radius 1 is 0.895 bits per heavy atom. The summed E-state index contributed by atoms with van der Waals surface area (Å²) in [7, 11) is 0.112. The molecule has 0 aromatic carbocycles. The molecule has 2 spiro atoms. The third kappa shape index (κ3) is 2.65. The normalized spacial score (nSPS) is 28.7. The maximum Gasteiger partial charge on any atom is 0.134 e. The van der Waals surface area contributed by atoms with Crippen LogP contribution in [0.1, 0.15) is 85.0 Å². The summed E-state index contributed by atoms with van der Waals surface area (Å²) in [5, 5.41) is 1.01. The molecule has 0 aromatic rings. The summed E-state index contributed by atoms with van der Waals surface area (Å²) in [5.41, 5.74) is 0. The zero-order valence-electron chi connectivity index (χ0n) is 13.1. The number of carbonyl (C=O) groups excluding carboxylic acids is 1. The Labute approximate surface area is 120 Å². The van der Waals surface area contributed by atoms with E-state index in [9.17, 15) is 4.79 Å². The van der Waals surface area contributed by atoms with Crippen LogP contribution >= 0.6 is 7.92 Å². The molecule has 19 heavy (non-hydrogen) atoms. The van der Waals surface area contributed by atoms with Crippen molar-refractivity contribution in [2.24, 2.45) is 0 Å². The first-order valence-corrected chi connectivity index (χ1v) is 10.0. The van der Waals surface area contributed by atoms with Crippen molar-refractivity contribution in [2.45, 2.75) is 95.3 Å². The zero-order chi connectivity index (χ0) is 13.9. The van der Waals surface area contributed by atoms with Gasteiger partial charge in [0.15, 0.2) is 0 Å². The summed E-state index contributed by atoms with van der Waals surface area (Å²) in [4.78, 5) is 12.3. The lowest BCUT2D eigenvalue weighted by Crippen LogP contribution is -2.44. The Kier molecular flexibility index (Phi) is 5.09. The largest absolute Gasteiger partial charge is 0.300 e. The molecule has 0 N–H and O–H groups in total. The third-order valence-corrected chi connectivity index (χ3v) is 9.72. The van der Waals surface area contributed by atoms with E-state index in [1.165, 1.54) is 57.5 Å². The van der Waals surface area contributed by atoms with E-state index in [0.717, 1.165) is 12.8 Å². The quantitative estimate of drug-likeness (QED) is 0.580. The first-order valence-electron chi connectivity index (χ1n) is 8.50. The van der Waals surface area contributed by atoms with Gasteiger partial charge in [-0.15, -0.1) is 0 Å². The van der Waals surface area contributed by atoms with E-state index in [0.29, 0.717) is 16.1 Å². The minimum Gasteiger partial charge on any atom is -0.300 e. The Morgan fingerprint density at radius 2 is 1.26 bits per heavy atom. The van der Waals surface area contributed by atoms with Crippen molar-refractivity contribution in [1.82, 2.24) is 0 Å². The van der Waals surface area contributed by atoms with Crippen LogP contribution in [0.2, 0.25) is 0 Å². The average Bonchev–Trinajstić information content (AvgIpc) is 3.03. The smallest absolute Gasteiger partial charge is 0.134 e. The van der Waals surface area contributed by atoms with Crippen LogP contribution in [-0.2, 0) is 4.79 Å². The van der Waals surface area contributed by atoms with Gasteiger partial charge in [0.05, 0.1) is 0 Å². The van der Waals surface area contributed by atoms with Gasteiger partial charge in [-0.25, -0.2) is 0 Å². The summed E-state index contributed by atoms with van der Waals surface area (Å²) < 4.78 is 0. The second-order valence-electron chi connectivity index (χ2n) is 6.50. The maximum absolute atomic E-state index is 12.3. The Bertz CT molecular complexity index is 283. The second-order valence-corrected chi connectivity index (χ2v) is 9.89. The van der Waals surface area contributed by atoms with Gasteiger partial charge >= 0.3 is 0 Å². The molecule has 0 atom stereocenters. The van der Waals surface area contributed by atoms with Gasteiger partial charge in [-0.2, -0.15) is 0 Å². The van der Waals surface area contributed by atoms with Gasteiger partial charge in [0, 0.05) is 12.8 Å². The molecule has 0 amide bonds. The fraction of sp³-hybridized carbons (Fsp3) is 0.941. The lowest BCUT2D eigenvalue weighted by atomic mass is 9.90. The summed E-state index contributed by atoms with van der Waals surface area (Å²) >= 11 is 0. The van der Waals surface area contributed by atoms with Gasteiger partial charge in [0.1, 0.15) is 5.78 Å². The molecule has 0 unspecified atom stereocenters. The number of Topliss-reactive ketones (excluding diaryl/α,β-unsaturated/α-hetero) is 1. The molecule has 3 aliphatic rings. The minimum atomic E-state index is 0.112. The number of carbonyl (C=O) groups is 1. The second kappa shape index (κ2) is 6.25. The number of ketones is 1. The van der Waals surface area contributed by atoms with Crippen LogP contribution in [-0.4, -0.2) is 22.3 Å². The summed E-state index contributed by atoms with van der Waals surface area (Å²) in [6.07, 6.45) is 14.3. The van der Waals surface area contributed by atoms with Crippen LogP contribution < -0.4 is 0 Å². The lowest BCUT2D eigenvalue weighted by Gasteiger charge is -2.52. The van der Waals surface area contributed by atoms with E-state index in [1.807, 2.05) is 13.8 Å². The Morgan fingerprint density at radius 3 is 1.58 bits per heavy atom. The molecule has 2 saturated carbocycles. The molecule has 1 saturated heterocycles. The van der Waals surface area contributed by atoms with Crippen molar-refractivity contribution in [1.29, 1.82) is 0 Å². The molecular weight excluding hydrogens is 251 g/mol. The summed E-state index contributed by atoms with van der Waals surface area (Å²) in [6, 6.07) is 0. The molecule has 0 bridgehead atoms. The van der Waals surface area contributed by atoms with E-state index in [4.69, 9.17) is 0 Å². The van der Waals surface area contributed by atoms with Gasteiger partial charge in [0.25, 0.3) is 0 Å². The monoisotopic (exact) mass is 282 g/mol. The molecule has 0 aromatic heterocycles. The van der Waals surface area contributed by atoms with Crippen LogP contribution in [0.4, 0.5) is 0 Å². The fourth-order valence-electron chi connectivity index (χ4n) is 5.12. The highest BCUT2D eigenvalue weighted by molar-refractivity contribution is 7.61. The van der Waals surface area contributed by atoms with Crippen molar-refractivity contribution in [3.63, 3.8) is 0 Å². The van der Waals surface area contributed by atoms with E-state index < -0.39 is 0 Å². The average molecular weight is 282 g/mol. The van der Waals surface area contributed by atoms with Crippen LogP contribution in [0.3, 0.4) is 0 Å². The summed E-state index contributed by atoms with van der Waals surface area (Å²) in [5.74, 6) is 0.612. The summed E-state index contributed by atoms with van der Waals surface area (Å²) in [6.45, 7) is 6.40. The van der Waals surface area contributed by atoms with Crippen molar-refractivity contribution >= 4 is 13.7 Å². The van der Waals surface area contributed by atoms with Gasteiger partial charge in [-0.3, -0.25) is 4.79 Å². The molecule has 3 rings (SSSR count). The fourth-order valence-corrected chi connectivity index (χ4v) is 9.92. The first-order chi connectivity index (χ1) is 9.21. The highest BCUT2D eigenvalue weighted by atomic mass is 31.1. The predicted octanol–water partition coefficient (Wildman–Crippen LogP) is 5.50. The molecule has 0 radical (unpaired) electrons. The number of hydrogen-bond donors (Lipinski definition) is 0. The molecule has 1 heterocycles. The molecule has 2 heteroatoms. The molecule has 2 aliphatic carbocycles. The molecule has 1 aliphatic heterocycles. The van der Waals surface area contributed by atoms with E-state index in [-0.39, 0.29) is 7.92 Å².